The molecule has 20 heavy (non-hydrogen) atoms. The molecular weight excluding hydrogens is 334 g/mol. The summed E-state index contributed by atoms with van der Waals surface area (Å²) >= 11 is 5.10. The van der Waals surface area contributed by atoms with Gasteiger partial charge in [-0.1, -0.05) is 24.3 Å². The fourth-order valence-electron chi connectivity index (χ4n) is 2.24. The van der Waals surface area contributed by atoms with E-state index in [9.17, 15) is 4.79 Å². The van der Waals surface area contributed by atoms with Crippen molar-refractivity contribution in [3.05, 3.63) is 62.9 Å². The fourth-order valence-corrected chi connectivity index (χ4v) is 3.84. The van der Waals surface area contributed by atoms with Crippen LogP contribution < -0.4 is 5.73 Å². The Kier molecular flexibility index (Phi) is 3.36. The van der Waals surface area contributed by atoms with Gasteiger partial charge < -0.3 is 5.73 Å². The topological polar surface area (TPSA) is 43.1 Å². The number of fused-ring (bicyclic) bond motifs is 1. The monoisotopic (exact) mass is 345 g/mol. The molecule has 0 saturated carbocycles. The maximum atomic E-state index is 12.7. The van der Waals surface area contributed by atoms with E-state index in [0.29, 0.717) is 11.3 Å². The molecule has 2 aromatic carbocycles. The van der Waals surface area contributed by atoms with E-state index >= 15 is 0 Å². The lowest BCUT2D eigenvalue weighted by atomic mass is 9.98. The van der Waals surface area contributed by atoms with Crippen molar-refractivity contribution in [2.24, 2.45) is 0 Å². The molecule has 0 spiro atoms. The van der Waals surface area contributed by atoms with E-state index in [-0.39, 0.29) is 5.78 Å². The summed E-state index contributed by atoms with van der Waals surface area (Å²) in [5.74, 6) is 0.0270. The molecule has 2 nitrogen and oxygen atoms in total. The van der Waals surface area contributed by atoms with E-state index in [1.54, 1.807) is 11.3 Å². The minimum Gasteiger partial charge on any atom is -0.398 e. The van der Waals surface area contributed by atoms with Crippen LogP contribution in [0.3, 0.4) is 0 Å². The summed E-state index contributed by atoms with van der Waals surface area (Å²) < 4.78 is 2.11. The molecule has 1 aromatic heterocycles. The number of hydrogen-bond donors (Lipinski definition) is 1. The van der Waals surface area contributed by atoms with Gasteiger partial charge in [0.1, 0.15) is 0 Å². The molecule has 0 aliphatic heterocycles. The van der Waals surface area contributed by atoms with Gasteiger partial charge in [0.05, 0.1) is 0 Å². The molecule has 0 unspecified atom stereocenters. The smallest absolute Gasteiger partial charge is 0.194 e. The first-order valence-corrected chi connectivity index (χ1v) is 7.82. The van der Waals surface area contributed by atoms with Crippen molar-refractivity contribution in [2.45, 2.75) is 6.92 Å². The van der Waals surface area contributed by atoms with Gasteiger partial charge in [-0.25, -0.2) is 0 Å². The Hall–Kier alpha value is -1.65. The number of benzene rings is 2. The quantitative estimate of drug-likeness (QED) is 0.536. The SMILES string of the molecule is Cc1c(N)cccc1C(=O)c1csc2c(Br)cccc12. The second kappa shape index (κ2) is 5.04. The Labute approximate surface area is 129 Å². The van der Waals surface area contributed by atoms with Gasteiger partial charge in [-0.2, -0.15) is 0 Å². The second-order valence-corrected chi connectivity index (χ2v) is 6.35. The van der Waals surface area contributed by atoms with Crippen LogP contribution in [0, 0.1) is 6.92 Å². The first-order chi connectivity index (χ1) is 9.59. The highest BCUT2D eigenvalue weighted by Crippen LogP contribution is 2.34. The molecule has 3 rings (SSSR count). The highest BCUT2D eigenvalue weighted by molar-refractivity contribution is 9.10. The van der Waals surface area contributed by atoms with E-state index in [1.165, 1.54) is 0 Å². The van der Waals surface area contributed by atoms with Crippen LogP contribution in [-0.2, 0) is 0 Å². The lowest BCUT2D eigenvalue weighted by molar-refractivity contribution is 0.104. The molecule has 0 aliphatic carbocycles. The van der Waals surface area contributed by atoms with E-state index in [1.807, 2.05) is 48.7 Å². The van der Waals surface area contributed by atoms with E-state index in [4.69, 9.17) is 5.73 Å². The van der Waals surface area contributed by atoms with Crippen LogP contribution in [0.1, 0.15) is 21.5 Å². The van der Waals surface area contributed by atoms with Crippen LogP contribution in [0.15, 0.2) is 46.3 Å². The molecule has 3 aromatic rings. The van der Waals surface area contributed by atoms with Crippen LogP contribution >= 0.6 is 27.3 Å². The first kappa shape index (κ1) is 13.3. The zero-order chi connectivity index (χ0) is 14.3. The molecule has 100 valence electrons. The summed E-state index contributed by atoms with van der Waals surface area (Å²) in [5, 5.41) is 2.90. The summed E-state index contributed by atoms with van der Waals surface area (Å²) in [6, 6.07) is 11.4. The number of carbonyl (C=O) groups is 1. The van der Waals surface area contributed by atoms with Crippen molar-refractivity contribution < 1.29 is 4.79 Å². The third kappa shape index (κ3) is 2.05. The molecule has 4 heteroatoms. The summed E-state index contributed by atoms with van der Waals surface area (Å²) in [6.07, 6.45) is 0. The predicted octanol–water partition coefficient (Wildman–Crippen LogP) is 4.79. The van der Waals surface area contributed by atoms with Gasteiger partial charge in [0.15, 0.2) is 5.78 Å². The molecule has 0 aliphatic rings. The number of thiophene rings is 1. The standard InChI is InChI=1S/C16H12BrNOS/c1-9-10(4-3-7-14(9)18)15(19)12-8-20-16-11(12)5-2-6-13(16)17/h2-8H,18H2,1H3. The number of hydrogen-bond acceptors (Lipinski definition) is 3. The largest absolute Gasteiger partial charge is 0.398 e. The molecule has 0 atom stereocenters. The first-order valence-electron chi connectivity index (χ1n) is 6.15. The number of ketones is 1. The van der Waals surface area contributed by atoms with Crippen LogP contribution in [0.25, 0.3) is 10.1 Å². The number of carbonyl (C=O) groups excluding carboxylic acids is 1. The number of nitrogen functional groups attached to an aromatic ring is 1. The van der Waals surface area contributed by atoms with Gasteiger partial charge in [-0.05, 0) is 40.5 Å². The lowest BCUT2D eigenvalue weighted by Gasteiger charge is -2.07. The van der Waals surface area contributed by atoms with Gasteiger partial charge in [-0.3, -0.25) is 4.79 Å². The molecule has 0 amide bonds. The van der Waals surface area contributed by atoms with Gasteiger partial charge in [0.25, 0.3) is 0 Å². The van der Waals surface area contributed by atoms with Crippen molar-refractivity contribution in [1.29, 1.82) is 0 Å². The Bertz CT molecular complexity index is 822. The Morgan fingerprint density at radius 2 is 1.90 bits per heavy atom. The van der Waals surface area contributed by atoms with E-state index < -0.39 is 0 Å². The molecule has 0 saturated heterocycles. The number of nitrogens with two attached hydrogens (primary N) is 1. The van der Waals surface area contributed by atoms with Gasteiger partial charge in [-0.15, -0.1) is 11.3 Å². The average molecular weight is 346 g/mol. The normalized spacial score (nSPS) is 10.9. The minimum absolute atomic E-state index is 0.0270. The Morgan fingerprint density at radius 1 is 1.15 bits per heavy atom. The van der Waals surface area contributed by atoms with Gasteiger partial charge >= 0.3 is 0 Å². The number of rotatable bonds is 2. The fraction of sp³-hybridized carbons (Fsp3) is 0.0625. The summed E-state index contributed by atoms with van der Waals surface area (Å²) in [5.41, 5.74) is 8.79. The zero-order valence-corrected chi connectivity index (χ0v) is 13.2. The van der Waals surface area contributed by atoms with Crippen LogP contribution in [0.2, 0.25) is 0 Å². The molecule has 2 N–H and O–H groups in total. The van der Waals surface area contributed by atoms with Gasteiger partial charge in [0.2, 0.25) is 0 Å². The van der Waals surface area contributed by atoms with Crippen molar-refractivity contribution in [3.63, 3.8) is 0 Å². The molecule has 1 heterocycles. The molecule has 0 fully saturated rings. The van der Waals surface area contributed by atoms with E-state index in [2.05, 4.69) is 15.9 Å². The Morgan fingerprint density at radius 3 is 2.70 bits per heavy atom. The zero-order valence-electron chi connectivity index (χ0n) is 10.8. The van der Waals surface area contributed by atoms with Crippen LogP contribution in [-0.4, -0.2) is 5.78 Å². The van der Waals surface area contributed by atoms with Crippen LogP contribution in [0.5, 0.6) is 0 Å². The van der Waals surface area contributed by atoms with Gasteiger partial charge in [0, 0.05) is 36.8 Å². The van der Waals surface area contributed by atoms with Crippen molar-refractivity contribution in [2.75, 3.05) is 5.73 Å². The highest BCUT2D eigenvalue weighted by Gasteiger charge is 2.17. The molecular formula is C16H12BrNOS. The maximum absolute atomic E-state index is 12.7. The van der Waals surface area contributed by atoms with Crippen molar-refractivity contribution >= 4 is 48.8 Å². The minimum atomic E-state index is 0.0270. The predicted molar refractivity (Wildman–Crippen MR) is 88.5 cm³/mol. The summed E-state index contributed by atoms with van der Waals surface area (Å²) in [7, 11) is 0. The third-order valence-electron chi connectivity index (χ3n) is 3.42. The number of anilines is 1. The Balaban J connectivity index is 2.18. The van der Waals surface area contributed by atoms with E-state index in [0.717, 1.165) is 25.7 Å². The maximum Gasteiger partial charge on any atom is 0.194 e. The average Bonchev–Trinajstić information content (AvgIpc) is 2.86. The van der Waals surface area contributed by atoms with Crippen LogP contribution in [0.4, 0.5) is 5.69 Å². The van der Waals surface area contributed by atoms with Crippen molar-refractivity contribution in [1.82, 2.24) is 0 Å². The molecule has 0 bridgehead atoms. The number of halogens is 1. The summed E-state index contributed by atoms with van der Waals surface area (Å²) in [4.78, 5) is 12.7. The highest BCUT2D eigenvalue weighted by atomic mass is 79.9. The second-order valence-electron chi connectivity index (χ2n) is 4.61. The third-order valence-corrected chi connectivity index (χ3v) is 5.37. The summed E-state index contributed by atoms with van der Waals surface area (Å²) in [6.45, 7) is 1.88. The molecule has 0 radical (unpaired) electrons. The van der Waals surface area contributed by atoms with Crippen molar-refractivity contribution in [3.8, 4) is 0 Å². The lowest BCUT2D eigenvalue weighted by Crippen LogP contribution is -2.04.